The van der Waals surface area contributed by atoms with Gasteiger partial charge in [-0.15, -0.1) is 0 Å². The minimum Gasteiger partial charge on any atom is -0.381 e. The van der Waals surface area contributed by atoms with Gasteiger partial charge in [-0.25, -0.2) is 0 Å². The van der Waals surface area contributed by atoms with Gasteiger partial charge in [0.25, 0.3) is 0 Å². The van der Waals surface area contributed by atoms with Crippen LogP contribution in [0.25, 0.3) is 0 Å². The number of likely N-dealkylation sites (tertiary alicyclic amines) is 1. The zero-order valence-corrected chi connectivity index (χ0v) is 10.7. The maximum atomic E-state index is 5.55. The average molecular weight is 226 g/mol. The van der Waals surface area contributed by atoms with Crippen LogP contribution >= 0.6 is 0 Å². The normalized spacial score (nSPS) is 34.1. The predicted octanol–water partition coefficient (Wildman–Crippen LogP) is 1.49. The minimum atomic E-state index is 0.606. The van der Waals surface area contributed by atoms with Gasteiger partial charge < -0.3 is 15.0 Å². The Balaban J connectivity index is 1.68. The van der Waals surface area contributed by atoms with E-state index in [0.29, 0.717) is 6.04 Å². The molecule has 3 heteroatoms. The topological polar surface area (TPSA) is 24.5 Å². The molecule has 0 bridgehead atoms. The zero-order chi connectivity index (χ0) is 11.4. The Labute approximate surface area is 99.5 Å². The van der Waals surface area contributed by atoms with E-state index in [1.165, 1.54) is 32.2 Å². The van der Waals surface area contributed by atoms with E-state index in [0.717, 1.165) is 31.7 Å². The Kier molecular flexibility index (Phi) is 4.62. The van der Waals surface area contributed by atoms with E-state index in [1.54, 1.807) is 0 Å². The van der Waals surface area contributed by atoms with Crippen molar-refractivity contribution < 1.29 is 4.74 Å². The molecule has 0 unspecified atom stereocenters. The monoisotopic (exact) mass is 226 g/mol. The molecule has 0 aromatic rings. The standard InChI is InChI=1S/C13H26N2O/c1-11(12-5-4-8-16-10-12)14-9-13-6-3-7-15(13)2/h11-14H,3-10H2,1-2H3/t11-,12+,13-/m0/s1. The Morgan fingerprint density at radius 1 is 1.38 bits per heavy atom. The highest BCUT2D eigenvalue weighted by Crippen LogP contribution is 2.18. The van der Waals surface area contributed by atoms with Crippen LogP contribution in [0.3, 0.4) is 0 Å². The van der Waals surface area contributed by atoms with Crippen molar-refractivity contribution in [2.75, 3.05) is 33.4 Å². The summed E-state index contributed by atoms with van der Waals surface area (Å²) in [5.41, 5.74) is 0. The lowest BCUT2D eigenvalue weighted by Crippen LogP contribution is -2.44. The van der Waals surface area contributed by atoms with Gasteiger partial charge in [-0.3, -0.25) is 0 Å². The smallest absolute Gasteiger partial charge is 0.0509 e. The summed E-state index contributed by atoms with van der Waals surface area (Å²) in [6.45, 7) is 6.65. The number of ether oxygens (including phenoxy) is 1. The molecule has 0 aromatic carbocycles. The summed E-state index contributed by atoms with van der Waals surface area (Å²) < 4.78 is 5.55. The van der Waals surface area contributed by atoms with E-state index in [2.05, 4.69) is 24.2 Å². The van der Waals surface area contributed by atoms with E-state index in [4.69, 9.17) is 4.74 Å². The summed E-state index contributed by atoms with van der Waals surface area (Å²) >= 11 is 0. The molecule has 16 heavy (non-hydrogen) atoms. The third kappa shape index (κ3) is 3.19. The molecule has 2 heterocycles. The number of nitrogens with one attached hydrogen (secondary N) is 1. The third-order valence-electron chi connectivity index (χ3n) is 4.25. The minimum absolute atomic E-state index is 0.606. The summed E-state index contributed by atoms with van der Waals surface area (Å²) in [6.07, 6.45) is 5.29. The van der Waals surface area contributed by atoms with Gasteiger partial charge in [0.1, 0.15) is 0 Å². The highest BCUT2D eigenvalue weighted by Gasteiger charge is 2.24. The molecule has 0 spiro atoms. The molecule has 3 nitrogen and oxygen atoms in total. The van der Waals surface area contributed by atoms with E-state index in [-0.39, 0.29) is 0 Å². The molecular weight excluding hydrogens is 200 g/mol. The van der Waals surface area contributed by atoms with Gasteiger partial charge in [0.2, 0.25) is 0 Å². The maximum Gasteiger partial charge on any atom is 0.0509 e. The number of rotatable bonds is 4. The molecule has 2 saturated heterocycles. The largest absolute Gasteiger partial charge is 0.381 e. The fourth-order valence-corrected chi connectivity index (χ4v) is 2.89. The Morgan fingerprint density at radius 2 is 2.25 bits per heavy atom. The van der Waals surface area contributed by atoms with E-state index < -0.39 is 0 Å². The van der Waals surface area contributed by atoms with Crippen LogP contribution in [0.4, 0.5) is 0 Å². The van der Waals surface area contributed by atoms with Crippen LogP contribution in [-0.4, -0.2) is 50.3 Å². The first-order valence-electron chi connectivity index (χ1n) is 6.78. The van der Waals surface area contributed by atoms with Gasteiger partial charge >= 0.3 is 0 Å². The molecule has 0 amide bonds. The fourth-order valence-electron chi connectivity index (χ4n) is 2.89. The van der Waals surface area contributed by atoms with Gasteiger partial charge in [0.15, 0.2) is 0 Å². The summed E-state index contributed by atoms with van der Waals surface area (Å²) in [4.78, 5) is 2.48. The van der Waals surface area contributed by atoms with Gasteiger partial charge in [-0.05, 0) is 52.1 Å². The number of likely N-dealkylation sites (N-methyl/N-ethyl adjacent to an activating group) is 1. The Bertz CT molecular complexity index is 204. The predicted molar refractivity (Wildman–Crippen MR) is 66.7 cm³/mol. The van der Waals surface area contributed by atoms with Crippen molar-refractivity contribution in [3.05, 3.63) is 0 Å². The molecular formula is C13H26N2O. The lowest BCUT2D eigenvalue weighted by Gasteiger charge is -2.30. The number of hydrogen-bond donors (Lipinski definition) is 1. The van der Waals surface area contributed by atoms with E-state index in [1.807, 2.05) is 0 Å². The van der Waals surface area contributed by atoms with Gasteiger partial charge in [-0.1, -0.05) is 0 Å². The summed E-state index contributed by atoms with van der Waals surface area (Å²) in [7, 11) is 2.24. The lowest BCUT2D eigenvalue weighted by atomic mass is 9.95. The SMILES string of the molecule is C[C@H](NC[C@@H]1CCCN1C)[C@@H]1CCCOC1. The molecule has 0 saturated carbocycles. The first-order chi connectivity index (χ1) is 7.77. The average Bonchev–Trinajstić information content (AvgIpc) is 2.73. The molecule has 0 radical (unpaired) electrons. The van der Waals surface area contributed by atoms with Crippen molar-refractivity contribution >= 4 is 0 Å². The molecule has 0 aromatic heterocycles. The molecule has 3 atom stereocenters. The van der Waals surface area contributed by atoms with Crippen LogP contribution in [0.2, 0.25) is 0 Å². The van der Waals surface area contributed by atoms with Crippen LogP contribution < -0.4 is 5.32 Å². The third-order valence-corrected chi connectivity index (χ3v) is 4.25. The van der Waals surface area contributed by atoms with Crippen molar-refractivity contribution in [2.45, 2.75) is 44.7 Å². The Hall–Kier alpha value is -0.120. The first kappa shape index (κ1) is 12.3. The van der Waals surface area contributed by atoms with Crippen LogP contribution in [0.1, 0.15) is 32.6 Å². The van der Waals surface area contributed by atoms with E-state index >= 15 is 0 Å². The Morgan fingerprint density at radius 3 is 2.88 bits per heavy atom. The second kappa shape index (κ2) is 5.99. The van der Waals surface area contributed by atoms with Crippen molar-refractivity contribution in [1.29, 1.82) is 0 Å². The van der Waals surface area contributed by atoms with Crippen LogP contribution in [0.5, 0.6) is 0 Å². The molecule has 2 aliphatic heterocycles. The van der Waals surface area contributed by atoms with Crippen molar-refractivity contribution in [3.8, 4) is 0 Å². The number of hydrogen-bond acceptors (Lipinski definition) is 3. The molecule has 0 aliphatic carbocycles. The first-order valence-corrected chi connectivity index (χ1v) is 6.78. The van der Waals surface area contributed by atoms with Crippen molar-refractivity contribution in [1.82, 2.24) is 10.2 Å². The lowest BCUT2D eigenvalue weighted by molar-refractivity contribution is 0.0412. The molecule has 2 fully saturated rings. The van der Waals surface area contributed by atoms with Crippen molar-refractivity contribution in [2.24, 2.45) is 5.92 Å². The number of nitrogens with zero attached hydrogens (tertiary/aromatic N) is 1. The molecule has 94 valence electrons. The molecule has 2 aliphatic rings. The highest BCUT2D eigenvalue weighted by atomic mass is 16.5. The summed E-state index contributed by atoms with van der Waals surface area (Å²) in [5.74, 6) is 0.723. The molecule has 1 N–H and O–H groups in total. The molecule has 2 rings (SSSR count). The van der Waals surface area contributed by atoms with E-state index in [9.17, 15) is 0 Å². The quantitative estimate of drug-likeness (QED) is 0.786. The summed E-state index contributed by atoms with van der Waals surface area (Å²) in [5, 5.41) is 3.70. The second-order valence-corrected chi connectivity index (χ2v) is 5.45. The van der Waals surface area contributed by atoms with Crippen LogP contribution in [0.15, 0.2) is 0 Å². The van der Waals surface area contributed by atoms with Crippen molar-refractivity contribution in [3.63, 3.8) is 0 Å². The van der Waals surface area contributed by atoms with Gasteiger partial charge in [0, 0.05) is 25.2 Å². The second-order valence-electron chi connectivity index (χ2n) is 5.45. The zero-order valence-electron chi connectivity index (χ0n) is 10.7. The fraction of sp³-hybridized carbons (Fsp3) is 1.00. The van der Waals surface area contributed by atoms with Crippen LogP contribution in [-0.2, 0) is 4.74 Å². The highest BCUT2D eigenvalue weighted by molar-refractivity contribution is 4.81. The summed E-state index contributed by atoms with van der Waals surface area (Å²) in [6, 6.07) is 1.36. The maximum absolute atomic E-state index is 5.55. The van der Waals surface area contributed by atoms with Gasteiger partial charge in [-0.2, -0.15) is 0 Å². The van der Waals surface area contributed by atoms with Crippen LogP contribution in [0, 0.1) is 5.92 Å². The van der Waals surface area contributed by atoms with Gasteiger partial charge in [0.05, 0.1) is 6.61 Å².